The lowest BCUT2D eigenvalue weighted by Crippen LogP contribution is -2.41. The standard InChI is InChI=1S/C15H16BFN4O2/c1-14(2)15(3,4)23-16(22-14)12-7-10(5-6-13(12)17)20-21-11(8-18)9-19/h5-7,20H,1-4H3. The number of halogens is 1. The zero-order chi connectivity index (χ0) is 17.3. The van der Waals surface area contributed by atoms with E-state index in [9.17, 15) is 4.39 Å². The zero-order valence-electron chi connectivity index (χ0n) is 13.3. The summed E-state index contributed by atoms with van der Waals surface area (Å²) >= 11 is 0. The minimum absolute atomic E-state index is 0.222. The Morgan fingerprint density at radius 1 is 1.17 bits per heavy atom. The molecule has 1 N–H and O–H groups in total. The normalized spacial score (nSPS) is 18.0. The Bertz CT molecular complexity index is 702. The molecule has 23 heavy (non-hydrogen) atoms. The Labute approximate surface area is 134 Å². The van der Waals surface area contributed by atoms with Crippen LogP contribution in [0.1, 0.15) is 27.7 Å². The van der Waals surface area contributed by atoms with Crippen LogP contribution in [0.25, 0.3) is 0 Å². The number of hydrazone groups is 1. The third-order valence-corrected chi connectivity index (χ3v) is 4.01. The fraction of sp³-hybridized carbons (Fsp3) is 0.400. The van der Waals surface area contributed by atoms with Crippen molar-refractivity contribution in [2.24, 2.45) is 5.10 Å². The SMILES string of the molecule is CC1(C)OB(c2cc(NN=C(C#N)C#N)ccc2F)OC1(C)C. The molecule has 1 aromatic carbocycles. The number of nitrogens with zero attached hydrogens (tertiary/aromatic N) is 3. The van der Waals surface area contributed by atoms with Gasteiger partial charge in [-0.15, -0.1) is 0 Å². The van der Waals surface area contributed by atoms with Gasteiger partial charge in [-0.3, -0.25) is 5.43 Å². The second-order valence-electron chi connectivity index (χ2n) is 6.12. The van der Waals surface area contributed by atoms with E-state index in [0.717, 1.165) is 0 Å². The fourth-order valence-corrected chi connectivity index (χ4v) is 1.96. The van der Waals surface area contributed by atoms with Gasteiger partial charge >= 0.3 is 7.12 Å². The summed E-state index contributed by atoms with van der Waals surface area (Å²) in [7, 11) is -0.850. The molecule has 0 amide bonds. The third kappa shape index (κ3) is 3.34. The van der Waals surface area contributed by atoms with Crippen LogP contribution in [0.4, 0.5) is 10.1 Å². The molecule has 118 valence electrons. The molecule has 0 aliphatic carbocycles. The summed E-state index contributed by atoms with van der Waals surface area (Å²) in [5, 5.41) is 20.9. The molecule has 0 spiro atoms. The quantitative estimate of drug-likeness (QED) is 0.523. The van der Waals surface area contributed by atoms with Gasteiger partial charge < -0.3 is 9.31 Å². The summed E-state index contributed by atoms with van der Waals surface area (Å²) in [5.41, 5.74) is 1.69. The highest BCUT2D eigenvalue weighted by molar-refractivity contribution is 6.62. The molecule has 0 bridgehead atoms. The van der Waals surface area contributed by atoms with E-state index in [1.807, 2.05) is 27.7 Å². The van der Waals surface area contributed by atoms with Crippen molar-refractivity contribution in [2.75, 3.05) is 5.43 Å². The number of rotatable bonds is 3. The predicted octanol–water partition coefficient (Wildman–Crippen LogP) is 1.94. The first-order valence-corrected chi connectivity index (χ1v) is 6.99. The molecular formula is C15H16BFN4O2. The number of benzene rings is 1. The number of anilines is 1. The van der Waals surface area contributed by atoms with Crippen LogP contribution in [-0.4, -0.2) is 24.0 Å². The largest absolute Gasteiger partial charge is 0.497 e. The van der Waals surface area contributed by atoms with Gasteiger partial charge in [-0.05, 0) is 45.9 Å². The first kappa shape index (κ1) is 16.9. The Hall–Kier alpha value is -2.42. The lowest BCUT2D eigenvalue weighted by molar-refractivity contribution is 0.00578. The molecular weight excluding hydrogens is 298 g/mol. The van der Waals surface area contributed by atoms with E-state index < -0.39 is 24.1 Å². The topological polar surface area (TPSA) is 90.4 Å². The van der Waals surface area contributed by atoms with Gasteiger partial charge in [-0.25, -0.2) is 4.39 Å². The summed E-state index contributed by atoms with van der Waals surface area (Å²) in [6.45, 7) is 7.51. The van der Waals surface area contributed by atoms with Crippen molar-refractivity contribution in [3.8, 4) is 12.1 Å². The summed E-state index contributed by atoms with van der Waals surface area (Å²) < 4.78 is 25.8. The Morgan fingerprint density at radius 2 is 1.74 bits per heavy atom. The van der Waals surface area contributed by atoms with Gasteiger partial charge in [-0.1, -0.05) is 0 Å². The van der Waals surface area contributed by atoms with E-state index in [-0.39, 0.29) is 11.2 Å². The average molecular weight is 314 g/mol. The van der Waals surface area contributed by atoms with Crippen molar-refractivity contribution >= 4 is 24.0 Å². The molecule has 0 radical (unpaired) electrons. The Morgan fingerprint density at radius 3 is 2.26 bits per heavy atom. The van der Waals surface area contributed by atoms with Crippen molar-refractivity contribution < 1.29 is 13.7 Å². The molecule has 2 rings (SSSR count). The summed E-state index contributed by atoms with van der Waals surface area (Å²) in [4.78, 5) is 0. The fourth-order valence-electron chi connectivity index (χ4n) is 1.96. The lowest BCUT2D eigenvalue weighted by atomic mass is 9.78. The van der Waals surface area contributed by atoms with Crippen LogP contribution in [-0.2, 0) is 9.31 Å². The van der Waals surface area contributed by atoms with Crippen LogP contribution in [0.3, 0.4) is 0 Å². The minimum Gasteiger partial charge on any atom is -0.399 e. The van der Waals surface area contributed by atoms with Crippen molar-refractivity contribution in [2.45, 2.75) is 38.9 Å². The summed E-state index contributed by atoms with van der Waals surface area (Å²) in [6.07, 6.45) is 0. The van der Waals surface area contributed by atoms with Gasteiger partial charge in [0.1, 0.15) is 18.0 Å². The number of nitriles is 2. The zero-order valence-corrected chi connectivity index (χ0v) is 13.3. The lowest BCUT2D eigenvalue weighted by Gasteiger charge is -2.32. The van der Waals surface area contributed by atoms with Crippen molar-refractivity contribution in [3.05, 3.63) is 24.0 Å². The van der Waals surface area contributed by atoms with Crippen LogP contribution in [0.2, 0.25) is 0 Å². The van der Waals surface area contributed by atoms with Gasteiger partial charge in [0.15, 0.2) is 0 Å². The maximum Gasteiger partial charge on any atom is 0.497 e. The number of hydrogen-bond donors (Lipinski definition) is 1. The van der Waals surface area contributed by atoms with Crippen molar-refractivity contribution in [1.29, 1.82) is 10.5 Å². The van der Waals surface area contributed by atoms with Gasteiger partial charge in [0, 0.05) is 5.46 Å². The van der Waals surface area contributed by atoms with Crippen molar-refractivity contribution in [3.63, 3.8) is 0 Å². The first-order chi connectivity index (χ1) is 10.7. The van der Waals surface area contributed by atoms with E-state index in [0.29, 0.717) is 5.69 Å². The average Bonchev–Trinajstić information content (AvgIpc) is 2.70. The van der Waals surface area contributed by atoms with E-state index >= 15 is 0 Å². The highest BCUT2D eigenvalue weighted by Gasteiger charge is 2.52. The van der Waals surface area contributed by atoms with Crippen LogP contribution >= 0.6 is 0 Å². The van der Waals surface area contributed by atoms with Gasteiger partial charge in [-0.2, -0.15) is 15.6 Å². The predicted molar refractivity (Wildman–Crippen MR) is 84.4 cm³/mol. The Kier molecular flexibility index (Phi) is 4.42. The molecule has 6 nitrogen and oxygen atoms in total. The van der Waals surface area contributed by atoms with E-state index in [2.05, 4.69) is 10.5 Å². The monoisotopic (exact) mass is 314 g/mol. The molecule has 1 aliphatic heterocycles. The molecule has 1 fully saturated rings. The maximum atomic E-state index is 14.1. The number of hydrogen-bond acceptors (Lipinski definition) is 6. The molecule has 0 aromatic heterocycles. The highest BCUT2D eigenvalue weighted by Crippen LogP contribution is 2.36. The van der Waals surface area contributed by atoms with Crippen LogP contribution in [0, 0.1) is 28.5 Å². The smallest absolute Gasteiger partial charge is 0.399 e. The maximum absolute atomic E-state index is 14.1. The molecule has 1 heterocycles. The first-order valence-electron chi connectivity index (χ1n) is 6.99. The second kappa shape index (κ2) is 6.00. The van der Waals surface area contributed by atoms with Crippen LogP contribution in [0.5, 0.6) is 0 Å². The summed E-state index contributed by atoms with van der Waals surface area (Å²) in [5.74, 6) is -0.473. The summed E-state index contributed by atoms with van der Waals surface area (Å²) in [6, 6.07) is 7.43. The molecule has 1 aliphatic rings. The minimum atomic E-state index is -0.850. The molecule has 0 unspecified atom stereocenters. The number of nitrogens with one attached hydrogen (secondary N) is 1. The van der Waals surface area contributed by atoms with Gasteiger partial charge in [0.05, 0.1) is 16.9 Å². The van der Waals surface area contributed by atoms with E-state index in [1.54, 1.807) is 12.1 Å². The van der Waals surface area contributed by atoms with E-state index in [1.165, 1.54) is 18.2 Å². The second-order valence-corrected chi connectivity index (χ2v) is 6.12. The highest BCUT2D eigenvalue weighted by atomic mass is 19.1. The Balaban J connectivity index is 2.28. The third-order valence-electron chi connectivity index (χ3n) is 4.01. The van der Waals surface area contributed by atoms with E-state index in [4.69, 9.17) is 19.8 Å². The van der Waals surface area contributed by atoms with Crippen molar-refractivity contribution in [1.82, 2.24) is 0 Å². The van der Waals surface area contributed by atoms with Gasteiger partial charge in [0.2, 0.25) is 5.71 Å². The molecule has 1 saturated heterocycles. The molecule has 0 atom stereocenters. The van der Waals surface area contributed by atoms with Crippen LogP contribution < -0.4 is 10.9 Å². The van der Waals surface area contributed by atoms with Gasteiger partial charge in [0.25, 0.3) is 0 Å². The molecule has 1 aromatic rings. The molecule has 0 saturated carbocycles. The molecule has 8 heteroatoms. The van der Waals surface area contributed by atoms with Crippen LogP contribution in [0.15, 0.2) is 23.3 Å².